The molecule has 0 radical (unpaired) electrons. The largest absolute Gasteiger partial charge is 0.444 e. The maximum absolute atomic E-state index is 13.6. The van der Waals surface area contributed by atoms with Crippen molar-refractivity contribution in [1.82, 2.24) is 19.4 Å². The van der Waals surface area contributed by atoms with Gasteiger partial charge in [-0.05, 0) is 57.0 Å². The molecule has 2 aromatic heterocycles. The number of benzene rings is 1. The van der Waals surface area contributed by atoms with E-state index in [1.54, 1.807) is 35.6 Å². The number of aromatic nitrogens is 3. The Bertz CT molecular complexity index is 1030. The van der Waals surface area contributed by atoms with Crippen LogP contribution in [0.3, 0.4) is 0 Å². The number of pyridine rings is 1. The molecule has 0 saturated carbocycles. The van der Waals surface area contributed by atoms with Crippen LogP contribution in [0.5, 0.6) is 0 Å². The second-order valence-corrected chi connectivity index (χ2v) is 8.84. The summed E-state index contributed by atoms with van der Waals surface area (Å²) in [6.45, 7) is 6.64. The molecular formula is C24H27FN4O2. The van der Waals surface area contributed by atoms with Crippen molar-refractivity contribution in [3.63, 3.8) is 0 Å². The number of imidazole rings is 1. The zero-order valence-electron chi connectivity index (χ0n) is 18.0. The first-order chi connectivity index (χ1) is 14.8. The SMILES string of the molecule is CC(C)(C)OC(=O)N1CCC(c2nccn2-c2ccncc2)C(c2ccc(F)cc2)C1. The zero-order chi connectivity index (χ0) is 22.0. The highest BCUT2D eigenvalue weighted by Gasteiger charge is 2.37. The first kappa shape index (κ1) is 21.0. The third-order valence-corrected chi connectivity index (χ3v) is 5.50. The van der Waals surface area contributed by atoms with Crippen LogP contribution in [0.4, 0.5) is 9.18 Å². The Morgan fingerprint density at radius 2 is 1.77 bits per heavy atom. The molecule has 1 amide bonds. The molecule has 1 saturated heterocycles. The van der Waals surface area contributed by atoms with Gasteiger partial charge in [-0.1, -0.05) is 12.1 Å². The van der Waals surface area contributed by atoms with Crippen LogP contribution >= 0.6 is 0 Å². The highest BCUT2D eigenvalue weighted by Crippen LogP contribution is 2.40. The number of hydrogen-bond acceptors (Lipinski definition) is 4. The summed E-state index contributed by atoms with van der Waals surface area (Å²) in [6, 6.07) is 10.4. The average molecular weight is 423 g/mol. The minimum atomic E-state index is -0.559. The number of carbonyl (C=O) groups is 1. The Labute approximate surface area is 181 Å². The van der Waals surface area contributed by atoms with Crippen LogP contribution in [-0.2, 0) is 4.74 Å². The summed E-state index contributed by atoms with van der Waals surface area (Å²) in [7, 11) is 0. The lowest BCUT2D eigenvalue weighted by atomic mass is 9.80. The molecule has 2 unspecified atom stereocenters. The molecule has 0 N–H and O–H groups in total. The number of hydrogen-bond donors (Lipinski definition) is 0. The third-order valence-electron chi connectivity index (χ3n) is 5.50. The van der Waals surface area contributed by atoms with Gasteiger partial charge in [-0.2, -0.15) is 0 Å². The van der Waals surface area contributed by atoms with Crippen molar-refractivity contribution < 1.29 is 13.9 Å². The van der Waals surface area contributed by atoms with Crippen molar-refractivity contribution in [3.8, 4) is 5.69 Å². The molecule has 6 nitrogen and oxygen atoms in total. The number of halogens is 1. The third kappa shape index (κ3) is 4.76. The van der Waals surface area contributed by atoms with Gasteiger partial charge in [0.25, 0.3) is 0 Å². The molecule has 0 spiro atoms. The number of likely N-dealkylation sites (tertiary alicyclic amines) is 1. The summed E-state index contributed by atoms with van der Waals surface area (Å²) in [5.41, 5.74) is 1.40. The highest BCUT2D eigenvalue weighted by molar-refractivity contribution is 5.68. The number of amides is 1. The van der Waals surface area contributed by atoms with Gasteiger partial charge in [0.2, 0.25) is 0 Å². The van der Waals surface area contributed by atoms with E-state index in [0.717, 1.165) is 23.5 Å². The summed E-state index contributed by atoms with van der Waals surface area (Å²) >= 11 is 0. The molecular weight excluding hydrogens is 395 g/mol. The minimum Gasteiger partial charge on any atom is -0.444 e. The average Bonchev–Trinajstić information content (AvgIpc) is 3.23. The van der Waals surface area contributed by atoms with Crippen LogP contribution in [-0.4, -0.2) is 44.2 Å². The lowest BCUT2D eigenvalue weighted by molar-refractivity contribution is 0.0181. The molecule has 2 atom stereocenters. The summed E-state index contributed by atoms with van der Waals surface area (Å²) < 4.78 is 21.3. The van der Waals surface area contributed by atoms with E-state index in [1.807, 2.05) is 39.1 Å². The Balaban J connectivity index is 1.67. The van der Waals surface area contributed by atoms with E-state index in [-0.39, 0.29) is 23.7 Å². The van der Waals surface area contributed by atoms with E-state index in [1.165, 1.54) is 12.1 Å². The van der Waals surface area contributed by atoms with Crippen molar-refractivity contribution in [3.05, 3.63) is 78.4 Å². The summed E-state index contributed by atoms with van der Waals surface area (Å²) in [5, 5.41) is 0. The molecule has 4 rings (SSSR count). The minimum absolute atomic E-state index is 0.0372. The maximum atomic E-state index is 13.6. The fraction of sp³-hybridized carbons (Fsp3) is 0.375. The monoisotopic (exact) mass is 422 g/mol. The van der Waals surface area contributed by atoms with Crippen LogP contribution in [0.25, 0.3) is 5.69 Å². The zero-order valence-corrected chi connectivity index (χ0v) is 18.0. The quantitative estimate of drug-likeness (QED) is 0.601. The van der Waals surface area contributed by atoms with Gasteiger partial charge in [-0.25, -0.2) is 14.2 Å². The van der Waals surface area contributed by atoms with E-state index in [4.69, 9.17) is 4.74 Å². The van der Waals surface area contributed by atoms with Crippen molar-refractivity contribution >= 4 is 6.09 Å². The van der Waals surface area contributed by atoms with E-state index in [9.17, 15) is 9.18 Å². The fourth-order valence-electron chi connectivity index (χ4n) is 4.11. The lowest BCUT2D eigenvalue weighted by Crippen LogP contribution is -2.44. The van der Waals surface area contributed by atoms with Gasteiger partial charge in [0.05, 0.1) is 0 Å². The van der Waals surface area contributed by atoms with Gasteiger partial charge in [0, 0.05) is 55.4 Å². The van der Waals surface area contributed by atoms with E-state index < -0.39 is 5.60 Å². The molecule has 7 heteroatoms. The van der Waals surface area contributed by atoms with Crippen LogP contribution in [0.1, 0.15) is 50.4 Å². The Morgan fingerprint density at radius 1 is 1.06 bits per heavy atom. The van der Waals surface area contributed by atoms with Crippen LogP contribution in [0.15, 0.2) is 61.2 Å². The molecule has 0 aliphatic carbocycles. The van der Waals surface area contributed by atoms with Crippen molar-refractivity contribution in [2.75, 3.05) is 13.1 Å². The molecule has 0 bridgehead atoms. The topological polar surface area (TPSA) is 60.2 Å². The van der Waals surface area contributed by atoms with Crippen LogP contribution < -0.4 is 0 Å². The second-order valence-electron chi connectivity index (χ2n) is 8.84. The van der Waals surface area contributed by atoms with Crippen LogP contribution in [0, 0.1) is 5.82 Å². The molecule has 3 heterocycles. The summed E-state index contributed by atoms with van der Waals surface area (Å²) in [4.78, 5) is 23.3. The van der Waals surface area contributed by atoms with E-state index in [2.05, 4.69) is 14.5 Å². The second kappa shape index (κ2) is 8.49. The van der Waals surface area contributed by atoms with E-state index in [0.29, 0.717) is 13.1 Å². The summed E-state index contributed by atoms with van der Waals surface area (Å²) in [5.74, 6) is 0.667. The molecule has 162 valence electrons. The predicted octanol–water partition coefficient (Wildman–Crippen LogP) is 4.91. The molecule has 1 aromatic carbocycles. The van der Waals surface area contributed by atoms with Crippen molar-refractivity contribution in [1.29, 1.82) is 0 Å². The highest BCUT2D eigenvalue weighted by atomic mass is 19.1. The number of piperidine rings is 1. The van der Waals surface area contributed by atoms with E-state index >= 15 is 0 Å². The first-order valence-corrected chi connectivity index (χ1v) is 10.5. The molecule has 1 fully saturated rings. The maximum Gasteiger partial charge on any atom is 0.410 e. The predicted molar refractivity (Wildman–Crippen MR) is 116 cm³/mol. The normalized spacial score (nSPS) is 19.3. The number of ether oxygens (including phenoxy) is 1. The smallest absolute Gasteiger partial charge is 0.410 e. The number of rotatable bonds is 3. The summed E-state index contributed by atoms with van der Waals surface area (Å²) in [6.07, 6.45) is 7.63. The van der Waals surface area contributed by atoms with Gasteiger partial charge in [0.15, 0.2) is 0 Å². The molecule has 31 heavy (non-hydrogen) atoms. The van der Waals surface area contributed by atoms with Crippen molar-refractivity contribution in [2.24, 2.45) is 0 Å². The number of carbonyl (C=O) groups excluding carboxylic acids is 1. The Hall–Kier alpha value is -3.22. The first-order valence-electron chi connectivity index (χ1n) is 10.5. The molecule has 1 aliphatic heterocycles. The van der Waals surface area contributed by atoms with Crippen molar-refractivity contribution in [2.45, 2.75) is 44.6 Å². The van der Waals surface area contributed by atoms with Gasteiger partial charge < -0.3 is 14.2 Å². The Morgan fingerprint density at radius 3 is 2.45 bits per heavy atom. The van der Waals surface area contributed by atoms with Crippen LogP contribution in [0.2, 0.25) is 0 Å². The van der Waals surface area contributed by atoms with Gasteiger partial charge in [0.1, 0.15) is 17.2 Å². The molecule has 1 aliphatic rings. The number of nitrogens with zero attached hydrogens (tertiary/aromatic N) is 4. The van der Waals surface area contributed by atoms with Gasteiger partial charge >= 0.3 is 6.09 Å². The fourth-order valence-corrected chi connectivity index (χ4v) is 4.11. The van der Waals surface area contributed by atoms with Gasteiger partial charge in [-0.3, -0.25) is 4.98 Å². The Kier molecular flexibility index (Phi) is 5.76. The molecule has 3 aromatic rings. The van der Waals surface area contributed by atoms with Gasteiger partial charge in [-0.15, -0.1) is 0 Å². The lowest BCUT2D eigenvalue weighted by Gasteiger charge is -2.39. The standard InChI is InChI=1S/C24H27FN4O2/c1-24(2,3)31-23(30)28-14-10-20(21(16-28)17-4-6-18(25)7-5-17)22-27-13-15-29(22)19-8-11-26-12-9-19/h4-9,11-13,15,20-21H,10,14,16H2,1-3H3.